The number of methoxy groups -OCH3 is 1. The molecular weight excluding hydrogens is 448 g/mol. The van der Waals surface area contributed by atoms with E-state index in [4.69, 9.17) is 9.26 Å². The lowest BCUT2D eigenvalue weighted by atomic mass is 9.94. The van der Waals surface area contributed by atoms with Gasteiger partial charge in [0.25, 0.3) is 11.7 Å². The number of ether oxygens (including phenoxy) is 1. The average Bonchev–Trinajstić information content (AvgIpc) is 3.59. The third kappa shape index (κ3) is 3.57. The smallest absolute Gasteiger partial charge is 0.300 e. The number of benzene rings is 2. The number of hydrogen-bond donors (Lipinski definition) is 1. The van der Waals surface area contributed by atoms with E-state index < -0.39 is 17.7 Å². The molecule has 3 heterocycles. The molecule has 0 saturated carbocycles. The maximum atomic E-state index is 13.4. The van der Waals surface area contributed by atoms with E-state index in [1.54, 1.807) is 73.3 Å². The zero-order chi connectivity index (χ0) is 24.7. The molecule has 1 amide bonds. The molecule has 2 aromatic carbocycles. The molecule has 5 rings (SSSR count). The van der Waals surface area contributed by atoms with Crippen molar-refractivity contribution < 1.29 is 24.0 Å². The quantitative estimate of drug-likeness (QED) is 0.266. The number of amides is 1. The number of anilines is 1. The summed E-state index contributed by atoms with van der Waals surface area (Å²) in [5, 5.41) is 19.4. The maximum Gasteiger partial charge on any atom is 0.300 e. The molecule has 0 radical (unpaired) electrons. The van der Waals surface area contributed by atoms with Gasteiger partial charge in [-0.05, 0) is 25.1 Å². The van der Waals surface area contributed by atoms with Gasteiger partial charge in [0.1, 0.15) is 23.5 Å². The highest BCUT2D eigenvalue weighted by atomic mass is 16.5. The summed E-state index contributed by atoms with van der Waals surface area (Å²) >= 11 is 0. The van der Waals surface area contributed by atoms with Gasteiger partial charge in [-0.25, -0.2) is 0 Å². The van der Waals surface area contributed by atoms with Gasteiger partial charge >= 0.3 is 0 Å². The third-order valence-corrected chi connectivity index (χ3v) is 6.25. The number of Topliss-reactive ketones (excluding diaryl/α,β-unsaturated/α-hetero) is 1. The number of hydrogen-bond acceptors (Lipinski definition) is 7. The van der Waals surface area contributed by atoms with Crippen LogP contribution in [0.15, 0.2) is 77.2 Å². The number of aliphatic hydroxyl groups is 1. The van der Waals surface area contributed by atoms with Gasteiger partial charge in [0.15, 0.2) is 0 Å². The molecule has 4 aromatic rings. The Morgan fingerprint density at radius 3 is 2.46 bits per heavy atom. The lowest BCUT2D eigenvalue weighted by Crippen LogP contribution is -2.29. The van der Waals surface area contributed by atoms with Gasteiger partial charge in [-0.15, -0.1) is 0 Å². The van der Waals surface area contributed by atoms with Crippen molar-refractivity contribution in [2.24, 2.45) is 7.05 Å². The van der Waals surface area contributed by atoms with E-state index in [2.05, 4.69) is 10.3 Å². The van der Waals surface area contributed by atoms with E-state index in [-0.39, 0.29) is 11.3 Å². The van der Waals surface area contributed by atoms with Crippen LogP contribution in [-0.4, -0.2) is 38.8 Å². The summed E-state index contributed by atoms with van der Waals surface area (Å²) in [5.41, 5.74) is 3.49. The summed E-state index contributed by atoms with van der Waals surface area (Å²) < 4.78 is 12.1. The van der Waals surface area contributed by atoms with Crippen molar-refractivity contribution in [2.75, 3.05) is 12.0 Å². The number of nitrogens with zero attached hydrogens (tertiary/aromatic N) is 4. The summed E-state index contributed by atoms with van der Waals surface area (Å²) in [6.45, 7) is 1.78. The second-order valence-electron chi connectivity index (χ2n) is 8.11. The number of para-hydroxylation sites is 1. The number of carbonyl (C=O) groups is 2. The normalized spacial score (nSPS) is 17.2. The van der Waals surface area contributed by atoms with Gasteiger partial charge in [0.2, 0.25) is 0 Å². The molecular formula is C26H22N4O5. The number of ketones is 1. The summed E-state index contributed by atoms with van der Waals surface area (Å²) in [6.07, 6.45) is 2.95. The number of aryl methyl sites for hydroxylation is 1. The van der Waals surface area contributed by atoms with E-state index in [9.17, 15) is 14.7 Å². The molecule has 2 aromatic heterocycles. The molecule has 0 bridgehead atoms. The molecule has 9 nitrogen and oxygen atoms in total. The van der Waals surface area contributed by atoms with Crippen molar-refractivity contribution in [3.8, 4) is 17.0 Å². The molecule has 1 N–H and O–H groups in total. The predicted octanol–water partition coefficient (Wildman–Crippen LogP) is 4.02. The van der Waals surface area contributed by atoms with Crippen LogP contribution < -0.4 is 9.64 Å². The van der Waals surface area contributed by atoms with Crippen molar-refractivity contribution in [2.45, 2.75) is 13.0 Å². The Bertz CT molecular complexity index is 1450. The maximum absolute atomic E-state index is 13.4. The van der Waals surface area contributed by atoms with E-state index in [1.807, 2.05) is 0 Å². The first-order valence-corrected chi connectivity index (χ1v) is 10.9. The van der Waals surface area contributed by atoms with Crippen LogP contribution in [0.5, 0.6) is 5.75 Å². The van der Waals surface area contributed by atoms with Crippen LogP contribution in [0.3, 0.4) is 0 Å². The van der Waals surface area contributed by atoms with Crippen molar-refractivity contribution in [1.82, 2.24) is 14.9 Å². The molecule has 176 valence electrons. The van der Waals surface area contributed by atoms with E-state index >= 15 is 0 Å². The molecule has 0 aliphatic carbocycles. The van der Waals surface area contributed by atoms with Gasteiger partial charge in [0, 0.05) is 35.6 Å². The summed E-state index contributed by atoms with van der Waals surface area (Å²) in [4.78, 5) is 28.1. The number of carbonyl (C=O) groups excluding carboxylic acids is 2. The van der Waals surface area contributed by atoms with Gasteiger partial charge < -0.3 is 14.4 Å². The van der Waals surface area contributed by atoms with Crippen LogP contribution >= 0.6 is 0 Å². The Kier molecular flexibility index (Phi) is 5.44. The minimum Gasteiger partial charge on any atom is -0.507 e. The second-order valence-corrected chi connectivity index (χ2v) is 8.11. The minimum absolute atomic E-state index is 0.0313. The predicted molar refractivity (Wildman–Crippen MR) is 128 cm³/mol. The lowest BCUT2D eigenvalue weighted by molar-refractivity contribution is -0.132. The van der Waals surface area contributed by atoms with Gasteiger partial charge in [0.05, 0.1) is 30.5 Å². The van der Waals surface area contributed by atoms with Gasteiger partial charge in [-0.3, -0.25) is 19.2 Å². The molecule has 0 spiro atoms. The molecule has 1 aliphatic heterocycles. The van der Waals surface area contributed by atoms with Crippen molar-refractivity contribution >= 4 is 23.1 Å². The summed E-state index contributed by atoms with van der Waals surface area (Å²) in [5.74, 6) is -1.34. The minimum atomic E-state index is -0.913. The van der Waals surface area contributed by atoms with E-state index in [0.717, 1.165) is 5.56 Å². The average molecular weight is 470 g/mol. The SMILES string of the molecule is COc1ccccc1C1C(=C(O)c2cnn(C)c2C)C(=O)C(=O)N1c1ccc(-c2ccon2)cc1. The highest BCUT2D eigenvalue weighted by molar-refractivity contribution is 6.51. The van der Waals surface area contributed by atoms with Crippen molar-refractivity contribution in [3.63, 3.8) is 0 Å². The molecule has 1 unspecified atom stereocenters. The van der Waals surface area contributed by atoms with Crippen LogP contribution in [0.2, 0.25) is 0 Å². The number of aliphatic hydroxyl groups excluding tert-OH is 1. The largest absolute Gasteiger partial charge is 0.507 e. The van der Waals surface area contributed by atoms with Crippen LogP contribution in [0.4, 0.5) is 5.69 Å². The van der Waals surface area contributed by atoms with E-state index in [1.165, 1.54) is 24.5 Å². The monoisotopic (exact) mass is 470 g/mol. The molecule has 1 saturated heterocycles. The third-order valence-electron chi connectivity index (χ3n) is 6.25. The molecule has 9 heteroatoms. The van der Waals surface area contributed by atoms with Crippen molar-refractivity contribution in [3.05, 3.63) is 89.5 Å². The zero-order valence-electron chi connectivity index (χ0n) is 19.3. The molecule has 35 heavy (non-hydrogen) atoms. The Morgan fingerprint density at radius 2 is 1.83 bits per heavy atom. The Balaban J connectivity index is 1.70. The van der Waals surface area contributed by atoms with Crippen LogP contribution in [0, 0.1) is 6.92 Å². The van der Waals surface area contributed by atoms with Gasteiger partial charge in [-0.1, -0.05) is 35.5 Å². The Hall–Kier alpha value is -4.66. The molecule has 1 fully saturated rings. The summed E-state index contributed by atoms with van der Waals surface area (Å²) in [6, 6.07) is 15.0. The van der Waals surface area contributed by atoms with Crippen LogP contribution in [0.1, 0.15) is 22.9 Å². The van der Waals surface area contributed by atoms with Crippen molar-refractivity contribution in [1.29, 1.82) is 0 Å². The fourth-order valence-corrected chi connectivity index (χ4v) is 4.32. The summed E-state index contributed by atoms with van der Waals surface area (Å²) in [7, 11) is 3.25. The number of rotatable bonds is 5. The second kappa shape index (κ2) is 8.60. The Labute approximate surface area is 200 Å². The molecule has 1 atom stereocenters. The first kappa shape index (κ1) is 22.1. The topological polar surface area (TPSA) is 111 Å². The lowest BCUT2D eigenvalue weighted by Gasteiger charge is -2.26. The van der Waals surface area contributed by atoms with Crippen LogP contribution in [-0.2, 0) is 16.6 Å². The zero-order valence-corrected chi connectivity index (χ0v) is 19.3. The number of aromatic nitrogens is 3. The first-order valence-electron chi connectivity index (χ1n) is 10.9. The van der Waals surface area contributed by atoms with Gasteiger partial charge in [-0.2, -0.15) is 5.10 Å². The fourth-order valence-electron chi connectivity index (χ4n) is 4.32. The first-order chi connectivity index (χ1) is 16.9. The Morgan fingerprint density at radius 1 is 1.09 bits per heavy atom. The molecule has 1 aliphatic rings. The highest BCUT2D eigenvalue weighted by Crippen LogP contribution is 2.45. The fraction of sp³-hybridized carbons (Fsp3) is 0.154. The van der Waals surface area contributed by atoms with Crippen LogP contribution in [0.25, 0.3) is 17.0 Å². The standard InChI is InChI=1S/C26H22N4O5/c1-15-19(14-27-29(15)2)24(31)22-23(18-6-4-5-7-21(18)34-3)30(26(33)25(22)32)17-10-8-16(9-11-17)20-12-13-35-28-20/h4-14,23,31H,1-3H3. The van der Waals surface area contributed by atoms with E-state index in [0.29, 0.717) is 34.0 Å². The highest BCUT2D eigenvalue weighted by Gasteiger charge is 2.48.